The second kappa shape index (κ2) is 11.1. The minimum atomic E-state index is -3.97. The molecule has 0 radical (unpaired) electrons. The number of rotatable bonds is 10. The van der Waals surface area contributed by atoms with Crippen LogP contribution in [0, 0.1) is 6.92 Å². The van der Waals surface area contributed by atoms with Gasteiger partial charge in [-0.25, -0.2) is 13.8 Å². The van der Waals surface area contributed by atoms with E-state index in [2.05, 4.69) is 17.1 Å². The minimum Gasteiger partial charge on any atom is -0.490 e. The Kier molecular flexibility index (Phi) is 7.99. The van der Waals surface area contributed by atoms with Gasteiger partial charge in [-0.3, -0.25) is 9.10 Å². The van der Waals surface area contributed by atoms with Crippen LogP contribution in [0.5, 0.6) is 5.75 Å². The largest absolute Gasteiger partial charge is 0.490 e. The molecule has 7 nitrogen and oxygen atoms in total. The van der Waals surface area contributed by atoms with Crippen LogP contribution in [0.15, 0.2) is 102 Å². The van der Waals surface area contributed by atoms with E-state index in [4.69, 9.17) is 4.74 Å². The van der Waals surface area contributed by atoms with Crippen LogP contribution >= 0.6 is 0 Å². The van der Waals surface area contributed by atoms with Crippen LogP contribution < -0.4 is 14.5 Å². The number of sulfonamides is 1. The number of nitrogens with one attached hydrogen (secondary N) is 1. The summed E-state index contributed by atoms with van der Waals surface area (Å²) in [5, 5.41) is 3.97. The first-order chi connectivity index (χ1) is 15.9. The number of ether oxygens (including phenoxy) is 1. The molecule has 0 aromatic heterocycles. The van der Waals surface area contributed by atoms with Gasteiger partial charge in [0.05, 0.1) is 16.8 Å². The fraction of sp³-hybridized carbons (Fsp3) is 0.120. The SMILES string of the molecule is C=CCOc1cccc(/C=N\NC(=O)CN(c2ccccc2C)S(=O)(=O)c2ccccc2)c1. The van der Waals surface area contributed by atoms with Crippen molar-refractivity contribution in [1.82, 2.24) is 5.43 Å². The van der Waals surface area contributed by atoms with Gasteiger partial charge in [0.15, 0.2) is 0 Å². The van der Waals surface area contributed by atoms with E-state index >= 15 is 0 Å². The smallest absolute Gasteiger partial charge is 0.264 e. The van der Waals surface area contributed by atoms with Crippen LogP contribution in [0.1, 0.15) is 11.1 Å². The lowest BCUT2D eigenvalue weighted by molar-refractivity contribution is -0.119. The van der Waals surface area contributed by atoms with Crippen molar-refractivity contribution in [2.24, 2.45) is 5.10 Å². The molecular weight excluding hydrogens is 438 g/mol. The fourth-order valence-electron chi connectivity index (χ4n) is 3.05. The van der Waals surface area contributed by atoms with Gasteiger partial charge in [0, 0.05) is 0 Å². The molecule has 0 heterocycles. The summed E-state index contributed by atoms with van der Waals surface area (Å²) >= 11 is 0. The van der Waals surface area contributed by atoms with Crippen molar-refractivity contribution in [1.29, 1.82) is 0 Å². The van der Waals surface area contributed by atoms with E-state index < -0.39 is 22.5 Å². The monoisotopic (exact) mass is 463 g/mol. The van der Waals surface area contributed by atoms with Crippen LogP contribution in [0.25, 0.3) is 0 Å². The van der Waals surface area contributed by atoms with E-state index in [0.717, 1.165) is 9.87 Å². The number of anilines is 1. The van der Waals surface area contributed by atoms with Crippen molar-refractivity contribution in [2.75, 3.05) is 17.5 Å². The summed E-state index contributed by atoms with van der Waals surface area (Å²) in [4.78, 5) is 12.7. The zero-order valence-electron chi connectivity index (χ0n) is 18.2. The molecule has 0 fully saturated rings. The van der Waals surface area contributed by atoms with Gasteiger partial charge in [-0.2, -0.15) is 5.10 Å². The number of benzene rings is 3. The van der Waals surface area contributed by atoms with Gasteiger partial charge in [-0.1, -0.05) is 61.2 Å². The van der Waals surface area contributed by atoms with Crippen molar-refractivity contribution >= 4 is 27.8 Å². The summed E-state index contributed by atoms with van der Waals surface area (Å²) in [5.74, 6) is 0.0675. The number of hydrogen-bond donors (Lipinski definition) is 1. The van der Waals surface area contributed by atoms with E-state index in [9.17, 15) is 13.2 Å². The van der Waals surface area contributed by atoms with Gasteiger partial charge in [0.2, 0.25) is 0 Å². The number of amides is 1. The third-order valence-corrected chi connectivity index (χ3v) is 6.41. The first-order valence-electron chi connectivity index (χ1n) is 10.2. The fourth-order valence-corrected chi connectivity index (χ4v) is 4.55. The van der Waals surface area contributed by atoms with Crippen LogP contribution in [0.3, 0.4) is 0 Å². The Morgan fingerprint density at radius 2 is 1.79 bits per heavy atom. The average molecular weight is 464 g/mol. The topological polar surface area (TPSA) is 88.1 Å². The van der Waals surface area contributed by atoms with Crippen LogP contribution in [-0.2, 0) is 14.8 Å². The molecule has 3 aromatic rings. The maximum absolute atomic E-state index is 13.3. The average Bonchev–Trinajstić information content (AvgIpc) is 2.82. The highest BCUT2D eigenvalue weighted by Crippen LogP contribution is 2.26. The van der Waals surface area contributed by atoms with Crippen molar-refractivity contribution < 1.29 is 17.9 Å². The molecule has 0 unspecified atom stereocenters. The molecule has 0 aliphatic rings. The molecule has 170 valence electrons. The summed E-state index contributed by atoms with van der Waals surface area (Å²) in [6, 6.07) is 22.2. The Morgan fingerprint density at radius 1 is 1.06 bits per heavy atom. The van der Waals surface area contributed by atoms with Gasteiger partial charge in [-0.15, -0.1) is 0 Å². The predicted molar refractivity (Wildman–Crippen MR) is 130 cm³/mol. The zero-order valence-corrected chi connectivity index (χ0v) is 19.0. The minimum absolute atomic E-state index is 0.0980. The first-order valence-corrected chi connectivity index (χ1v) is 11.6. The van der Waals surface area contributed by atoms with Gasteiger partial charge in [0.25, 0.3) is 15.9 Å². The number of carbonyl (C=O) groups excluding carboxylic acids is 1. The van der Waals surface area contributed by atoms with Crippen LogP contribution in [-0.4, -0.2) is 33.7 Å². The maximum Gasteiger partial charge on any atom is 0.264 e. The number of nitrogens with zero attached hydrogens (tertiary/aromatic N) is 2. The van der Waals surface area contributed by atoms with E-state index in [1.807, 2.05) is 6.07 Å². The van der Waals surface area contributed by atoms with Gasteiger partial charge in [-0.05, 0) is 48.4 Å². The molecule has 0 atom stereocenters. The second-order valence-electron chi connectivity index (χ2n) is 7.08. The zero-order chi connectivity index (χ0) is 23.7. The number of hydrogen-bond acceptors (Lipinski definition) is 5. The Hall–Kier alpha value is -3.91. The van der Waals surface area contributed by atoms with Crippen molar-refractivity contribution in [3.05, 3.63) is 103 Å². The molecule has 8 heteroatoms. The lowest BCUT2D eigenvalue weighted by atomic mass is 10.2. The molecule has 0 bridgehead atoms. The molecule has 1 amide bonds. The maximum atomic E-state index is 13.3. The third kappa shape index (κ3) is 6.30. The molecule has 0 aliphatic heterocycles. The third-order valence-electron chi connectivity index (χ3n) is 4.63. The Labute approximate surface area is 194 Å². The Morgan fingerprint density at radius 3 is 2.52 bits per heavy atom. The van der Waals surface area contributed by atoms with Gasteiger partial charge >= 0.3 is 0 Å². The number of aryl methyl sites for hydroxylation is 1. The number of para-hydroxylation sites is 1. The molecule has 0 spiro atoms. The van der Waals surface area contributed by atoms with E-state index in [0.29, 0.717) is 23.6 Å². The molecule has 0 saturated heterocycles. The summed E-state index contributed by atoms with van der Waals surface area (Å²) in [6.07, 6.45) is 3.10. The van der Waals surface area contributed by atoms with Gasteiger partial charge in [0.1, 0.15) is 18.9 Å². The van der Waals surface area contributed by atoms with E-state index in [-0.39, 0.29) is 4.90 Å². The molecule has 3 aromatic carbocycles. The highest BCUT2D eigenvalue weighted by molar-refractivity contribution is 7.92. The molecule has 1 N–H and O–H groups in total. The highest BCUT2D eigenvalue weighted by atomic mass is 32.2. The number of hydrazone groups is 1. The van der Waals surface area contributed by atoms with Crippen LogP contribution in [0.4, 0.5) is 5.69 Å². The standard InChI is InChI=1S/C25H25N3O4S/c1-3-16-32-22-12-9-11-21(17-22)18-26-27-25(29)19-28(24-15-8-7-10-20(24)2)33(30,31)23-13-5-4-6-14-23/h3-15,17-18H,1,16,19H2,2H3,(H,27,29)/b26-18-. The highest BCUT2D eigenvalue weighted by Gasteiger charge is 2.27. The normalized spacial score (nSPS) is 11.2. The van der Waals surface area contributed by atoms with Gasteiger partial charge < -0.3 is 4.74 Å². The Balaban J connectivity index is 1.78. The lowest BCUT2D eigenvalue weighted by Gasteiger charge is -2.25. The lowest BCUT2D eigenvalue weighted by Crippen LogP contribution is -2.40. The van der Waals surface area contributed by atoms with Crippen LogP contribution in [0.2, 0.25) is 0 Å². The molecular formula is C25H25N3O4S. The predicted octanol–water partition coefficient (Wildman–Crippen LogP) is 3.91. The van der Waals surface area contributed by atoms with Crippen molar-refractivity contribution in [3.8, 4) is 5.75 Å². The Bertz CT molecular complexity index is 1240. The summed E-state index contributed by atoms with van der Waals surface area (Å²) in [6.45, 7) is 5.35. The molecule has 0 saturated carbocycles. The summed E-state index contributed by atoms with van der Waals surface area (Å²) in [5.41, 5.74) is 4.27. The molecule has 0 aliphatic carbocycles. The second-order valence-corrected chi connectivity index (χ2v) is 8.94. The molecule has 33 heavy (non-hydrogen) atoms. The van der Waals surface area contributed by atoms with E-state index in [1.165, 1.54) is 18.3 Å². The number of carbonyl (C=O) groups is 1. The summed E-state index contributed by atoms with van der Waals surface area (Å²) in [7, 11) is -3.97. The van der Waals surface area contributed by atoms with Crippen molar-refractivity contribution in [3.63, 3.8) is 0 Å². The van der Waals surface area contributed by atoms with E-state index in [1.54, 1.807) is 73.7 Å². The quantitative estimate of drug-likeness (QED) is 0.281. The van der Waals surface area contributed by atoms with Crippen molar-refractivity contribution in [2.45, 2.75) is 11.8 Å². The summed E-state index contributed by atoms with van der Waals surface area (Å²) < 4.78 is 33.2. The first kappa shape index (κ1) is 23.7. The molecule has 3 rings (SSSR count).